The van der Waals surface area contributed by atoms with E-state index in [2.05, 4.69) is 43.4 Å². The van der Waals surface area contributed by atoms with E-state index in [4.69, 9.17) is 4.52 Å². The Hall–Kier alpha value is -2.55. The fraction of sp³-hybridized carbons (Fsp3) is 0.308. The Morgan fingerprint density at radius 2 is 1.45 bits per heavy atom. The quantitative estimate of drug-likeness (QED) is 0.383. The summed E-state index contributed by atoms with van der Waals surface area (Å²) in [6, 6.07) is 26.1. The van der Waals surface area contributed by atoms with Gasteiger partial charge < -0.3 is 14.7 Å². The van der Waals surface area contributed by atoms with Gasteiger partial charge in [-0.2, -0.15) is 0 Å². The van der Waals surface area contributed by atoms with Crippen molar-refractivity contribution in [3.05, 3.63) is 90.0 Å². The lowest BCUT2D eigenvalue weighted by Crippen LogP contribution is -2.21. The Kier molecular flexibility index (Phi) is 7.59. The van der Waals surface area contributed by atoms with E-state index < -0.39 is 13.2 Å². The fourth-order valence-electron chi connectivity index (χ4n) is 3.57. The maximum absolute atomic E-state index is 14.5. The Labute approximate surface area is 186 Å². The zero-order valence-electron chi connectivity index (χ0n) is 19.1. The van der Waals surface area contributed by atoms with Crippen LogP contribution in [-0.4, -0.2) is 20.7 Å². The van der Waals surface area contributed by atoms with Crippen LogP contribution in [0.4, 0.5) is 11.4 Å². The van der Waals surface area contributed by atoms with Crippen molar-refractivity contribution in [3.63, 3.8) is 0 Å². The summed E-state index contributed by atoms with van der Waals surface area (Å²) in [6.07, 6.45) is 0. The van der Waals surface area contributed by atoms with Crippen molar-refractivity contribution < 1.29 is 9.09 Å². The number of nitrogens with zero attached hydrogens (tertiary/aromatic N) is 1. The van der Waals surface area contributed by atoms with Crippen LogP contribution in [0.3, 0.4) is 0 Å². The number of nitrogens with one attached hydrogen (secondary N) is 1. The van der Waals surface area contributed by atoms with Crippen LogP contribution < -0.4 is 15.5 Å². The van der Waals surface area contributed by atoms with Gasteiger partial charge in [-0.25, -0.2) is 0 Å². The van der Waals surface area contributed by atoms with Crippen LogP contribution in [0.2, 0.25) is 0 Å². The third-order valence-corrected chi connectivity index (χ3v) is 8.15. The van der Waals surface area contributed by atoms with Crippen molar-refractivity contribution in [2.75, 3.05) is 30.9 Å². The van der Waals surface area contributed by atoms with Crippen LogP contribution in [0, 0.1) is 0 Å². The first kappa shape index (κ1) is 23.1. The first-order valence-electron chi connectivity index (χ1n) is 10.8. The molecule has 0 aliphatic rings. The van der Waals surface area contributed by atoms with Crippen molar-refractivity contribution in [1.29, 1.82) is 0 Å². The first-order chi connectivity index (χ1) is 14.8. The van der Waals surface area contributed by atoms with Crippen molar-refractivity contribution in [2.45, 2.75) is 32.5 Å². The van der Waals surface area contributed by atoms with Gasteiger partial charge in [-0.1, -0.05) is 56.3 Å². The molecule has 0 aliphatic heterocycles. The average Bonchev–Trinajstić information content (AvgIpc) is 2.78. The number of rotatable bonds is 9. The molecule has 0 spiro atoms. The molecule has 0 aliphatic carbocycles. The number of benzene rings is 3. The highest BCUT2D eigenvalue weighted by Crippen LogP contribution is 2.59. The molecule has 2 unspecified atom stereocenters. The second kappa shape index (κ2) is 10.2. The maximum atomic E-state index is 14.5. The molecule has 31 heavy (non-hydrogen) atoms. The van der Waals surface area contributed by atoms with Crippen LogP contribution in [0.15, 0.2) is 78.9 Å². The van der Waals surface area contributed by atoms with Gasteiger partial charge in [0.15, 0.2) is 0 Å². The molecule has 0 amide bonds. The first-order valence-corrected chi connectivity index (χ1v) is 12.5. The topological polar surface area (TPSA) is 41.6 Å². The molecule has 164 valence electrons. The van der Waals surface area contributed by atoms with E-state index in [1.165, 1.54) is 5.56 Å². The Balaban J connectivity index is 2.09. The molecule has 0 saturated carbocycles. The lowest BCUT2D eigenvalue weighted by Gasteiger charge is -2.30. The molecule has 1 N–H and O–H groups in total. The summed E-state index contributed by atoms with van der Waals surface area (Å²) in [4.78, 5) is 2.03. The molecule has 5 heteroatoms. The summed E-state index contributed by atoms with van der Waals surface area (Å²) in [7, 11) is 0.699. The van der Waals surface area contributed by atoms with Gasteiger partial charge in [0.05, 0.1) is 6.61 Å². The smallest absolute Gasteiger partial charge is 0.258 e. The molecule has 4 nitrogen and oxygen atoms in total. The van der Waals surface area contributed by atoms with Crippen LogP contribution in [0.5, 0.6) is 0 Å². The summed E-state index contributed by atoms with van der Waals surface area (Å²) in [5.74, 6) is -0.0619. The van der Waals surface area contributed by atoms with E-state index >= 15 is 0 Å². The highest BCUT2D eigenvalue weighted by molar-refractivity contribution is 7.67. The summed E-state index contributed by atoms with van der Waals surface area (Å²) in [5.41, 5.74) is 4.16. The van der Waals surface area contributed by atoms with Gasteiger partial charge in [0, 0.05) is 30.8 Å². The van der Waals surface area contributed by atoms with Gasteiger partial charge >= 0.3 is 0 Å². The number of hydrogen-bond donors (Lipinski definition) is 1. The molecular formula is C26H33N2O2P. The lowest BCUT2D eigenvalue weighted by molar-refractivity contribution is 0.335. The van der Waals surface area contributed by atoms with Gasteiger partial charge in [-0.15, -0.1) is 0 Å². The molecule has 0 radical (unpaired) electrons. The van der Waals surface area contributed by atoms with Crippen molar-refractivity contribution >= 4 is 24.0 Å². The maximum Gasteiger partial charge on any atom is 0.258 e. The molecule has 0 bridgehead atoms. The zero-order chi connectivity index (χ0) is 22.4. The highest BCUT2D eigenvalue weighted by Gasteiger charge is 2.37. The van der Waals surface area contributed by atoms with E-state index in [1.807, 2.05) is 80.5 Å². The predicted octanol–water partition coefficient (Wildman–Crippen LogP) is 6.63. The molecular weight excluding hydrogens is 403 g/mol. The van der Waals surface area contributed by atoms with Crippen molar-refractivity contribution in [3.8, 4) is 0 Å². The third kappa shape index (κ3) is 5.39. The van der Waals surface area contributed by atoms with Gasteiger partial charge in [-0.05, 0) is 60.4 Å². The van der Waals surface area contributed by atoms with E-state index in [0.717, 1.165) is 16.9 Å². The highest BCUT2D eigenvalue weighted by atomic mass is 31.2. The number of anilines is 2. The van der Waals surface area contributed by atoms with Gasteiger partial charge in [-0.3, -0.25) is 4.57 Å². The van der Waals surface area contributed by atoms with E-state index in [1.54, 1.807) is 0 Å². The second-order valence-corrected chi connectivity index (χ2v) is 10.6. The molecule has 0 aromatic heterocycles. The molecule has 2 atom stereocenters. The monoisotopic (exact) mass is 436 g/mol. The normalized spacial score (nSPS) is 14.1. The standard InChI is InChI=1S/C26H33N2O2P/c1-6-30-31(29,25-18-16-24(17-19-25)28(4)5)26(27-23-10-8-7-9-11-23)22-14-12-21(13-15-22)20(2)3/h7-20,26-27H,6H2,1-5H3. The van der Waals surface area contributed by atoms with E-state index in [0.29, 0.717) is 17.8 Å². The molecule has 3 rings (SSSR count). The minimum Gasteiger partial charge on any atom is -0.378 e. The zero-order valence-corrected chi connectivity index (χ0v) is 20.0. The minimum atomic E-state index is -3.29. The van der Waals surface area contributed by atoms with Crippen molar-refractivity contribution in [2.24, 2.45) is 0 Å². The van der Waals surface area contributed by atoms with E-state index in [9.17, 15) is 4.57 Å². The SMILES string of the molecule is CCOP(=O)(c1ccc(N(C)C)cc1)C(Nc1ccccc1)c1ccc(C(C)C)cc1. The van der Waals surface area contributed by atoms with Gasteiger partial charge in [0.25, 0.3) is 7.37 Å². The molecule has 0 fully saturated rings. The molecule has 0 heterocycles. The summed E-state index contributed by atoms with van der Waals surface area (Å²) >= 11 is 0. The third-order valence-electron chi connectivity index (χ3n) is 5.38. The molecule has 3 aromatic rings. The van der Waals surface area contributed by atoms with Gasteiger partial charge in [0.2, 0.25) is 0 Å². The van der Waals surface area contributed by atoms with E-state index in [-0.39, 0.29) is 0 Å². The van der Waals surface area contributed by atoms with Crippen LogP contribution in [-0.2, 0) is 9.09 Å². The summed E-state index contributed by atoms with van der Waals surface area (Å²) < 4.78 is 20.6. The lowest BCUT2D eigenvalue weighted by atomic mass is 10.0. The van der Waals surface area contributed by atoms with Crippen LogP contribution >= 0.6 is 7.37 Å². The van der Waals surface area contributed by atoms with Crippen molar-refractivity contribution in [1.82, 2.24) is 0 Å². The number of hydrogen-bond acceptors (Lipinski definition) is 4. The van der Waals surface area contributed by atoms with Crippen LogP contribution in [0.25, 0.3) is 0 Å². The minimum absolute atomic E-state index is 0.365. The fourth-order valence-corrected chi connectivity index (χ4v) is 6.00. The molecule has 3 aromatic carbocycles. The Morgan fingerprint density at radius 1 is 0.871 bits per heavy atom. The van der Waals surface area contributed by atoms with Gasteiger partial charge in [0.1, 0.15) is 5.78 Å². The second-order valence-electron chi connectivity index (χ2n) is 8.16. The summed E-state index contributed by atoms with van der Waals surface area (Å²) in [6.45, 7) is 6.60. The molecule has 0 saturated heterocycles. The summed E-state index contributed by atoms with van der Waals surface area (Å²) in [5, 5.41) is 4.22. The predicted molar refractivity (Wildman–Crippen MR) is 133 cm³/mol. The number of para-hydroxylation sites is 1. The van der Waals surface area contributed by atoms with Crippen LogP contribution in [0.1, 0.15) is 43.6 Å². The Morgan fingerprint density at radius 3 is 1.97 bits per heavy atom. The largest absolute Gasteiger partial charge is 0.378 e. The Bertz CT molecular complexity index is 1000. The average molecular weight is 437 g/mol.